The third kappa shape index (κ3) is 2.99. The summed E-state index contributed by atoms with van der Waals surface area (Å²) in [6.07, 6.45) is 1.63. The minimum absolute atomic E-state index is 0.0308. The lowest BCUT2D eigenvalue weighted by Crippen LogP contribution is -2.28. The number of hydrogen-bond acceptors (Lipinski definition) is 4. The maximum atomic E-state index is 12.7. The van der Waals surface area contributed by atoms with Crippen LogP contribution in [0, 0.1) is 0 Å². The Morgan fingerprint density at radius 2 is 1.96 bits per heavy atom. The second-order valence-electron chi connectivity index (χ2n) is 5.07. The van der Waals surface area contributed by atoms with Crippen LogP contribution in [0.1, 0.15) is 22.8 Å². The van der Waals surface area contributed by atoms with Crippen LogP contribution in [0.5, 0.6) is 0 Å². The van der Waals surface area contributed by atoms with Gasteiger partial charge in [0.15, 0.2) is 0 Å². The Balaban J connectivity index is 2.19. The van der Waals surface area contributed by atoms with E-state index in [2.05, 4.69) is 4.98 Å². The van der Waals surface area contributed by atoms with E-state index >= 15 is 0 Å². The number of fused-ring (bicyclic) bond motifs is 1. The van der Waals surface area contributed by atoms with Crippen LogP contribution in [-0.4, -0.2) is 22.1 Å². The molecule has 0 saturated carbocycles. The number of aromatic nitrogens is 2. The molecule has 0 aliphatic rings. The van der Waals surface area contributed by atoms with Crippen LogP contribution in [0.15, 0.2) is 59.5 Å². The van der Waals surface area contributed by atoms with Crippen LogP contribution in [0.3, 0.4) is 0 Å². The molecule has 3 aromatic rings. The zero-order valence-electron chi connectivity index (χ0n) is 12.7. The number of esters is 1. The number of rotatable bonds is 4. The summed E-state index contributed by atoms with van der Waals surface area (Å²) in [4.78, 5) is 29.1. The maximum Gasteiger partial charge on any atom is 0.343 e. The zero-order valence-corrected chi connectivity index (χ0v) is 12.7. The van der Waals surface area contributed by atoms with E-state index in [-0.39, 0.29) is 12.2 Å². The van der Waals surface area contributed by atoms with Gasteiger partial charge < -0.3 is 4.74 Å². The van der Waals surface area contributed by atoms with Crippen molar-refractivity contribution in [2.45, 2.75) is 13.5 Å². The Kier molecular flexibility index (Phi) is 4.19. The largest absolute Gasteiger partial charge is 0.462 e. The summed E-state index contributed by atoms with van der Waals surface area (Å²) in [5.41, 5.74) is 1.15. The predicted molar refractivity (Wildman–Crippen MR) is 87.5 cm³/mol. The van der Waals surface area contributed by atoms with Gasteiger partial charge in [-0.25, -0.2) is 9.78 Å². The summed E-state index contributed by atoms with van der Waals surface area (Å²) < 4.78 is 6.50. The van der Waals surface area contributed by atoms with Gasteiger partial charge in [-0.15, -0.1) is 0 Å². The van der Waals surface area contributed by atoms with E-state index < -0.39 is 11.5 Å². The van der Waals surface area contributed by atoms with E-state index in [1.54, 1.807) is 25.3 Å². The average molecular weight is 308 g/mol. The van der Waals surface area contributed by atoms with Crippen LogP contribution < -0.4 is 5.56 Å². The Hall–Kier alpha value is -2.95. The van der Waals surface area contributed by atoms with Gasteiger partial charge in [0, 0.05) is 11.6 Å². The van der Waals surface area contributed by atoms with Crippen molar-refractivity contribution >= 4 is 17.0 Å². The molecular weight excluding hydrogens is 292 g/mol. The molecule has 5 heteroatoms. The van der Waals surface area contributed by atoms with Crippen LogP contribution in [0.2, 0.25) is 0 Å². The summed E-state index contributed by atoms with van der Waals surface area (Å²) in [5.74, 6) is -0.606. The third-order valence-corrected chi connectivity index (χ3v) is 3.53. The molecule has 0 unspecified atom stereocenters. The highest BCUT2D eigenvalue weighted by Crippen LogP contribution is 2.13. The number of ether oxygens (including phenoxy) is 1. The van der Waals surface area contributed by atoms with Crippen molar-refractivity contribution in [3.63, 3.8) is 0 Å². The molecule has 1 aromatic carbocycles. The maximum absolute atomic E-state index is 12.7. The Bertz CT molecular complexity index is 901. The highest BCUT2D eigenvalue weighted by molar-refractivity contribution is 5.93. The molecule has 116 valence electrons. The van der Waals surface area contributed by atoms with Crippen LogP contribution in [-0.2, 0) is 11.3 Å². The van der Waals surface area contributed by atoms with E-state index in [4.69, 9.17) is 4.74 Å². The highest BCUT2D eigenvalue weighted by Gasteiger charge is 2.17. The van der Waals surface area contributed by atoms with Gasteiger partial charge in [0.05, 0.1) is 13.2 Å². The molecule has 2 heterocycles. The lowest BCUT2D eigenvalue weighted by atomic mass is 10.1. The molecule has 0 N–H and O–H groups in total. The normalized spacial score (nSPS) is 10.7. The second kappa shape index (κ2) is 6.44. The summed E-state index contributed by atoms with van der Waals surface area (Å²) in [5, 5.41) is 0.728. The molecule has 0 spiro atoms. The summed E-state index contributed by atoms with van der Waals surface area (Å²) >= 11 is 0. The number of carbonyl (C=O) groups excluding carboxylic acids is 1. The van der Waals surface area contributed by atoms with Gasteiger partial charge in [0.2, 0.25) is 0 Å². The zero-order chi connectivity index (χ0) is 16.2. The monoisotopic (exact) mass is 308 g/mol. The van der Waals surface area contributed by atoms with Crippen molar-refractivity contribution in [1.29, 1.82) is 0 Å². The highest BCUT2D eigenvalue weighted by atomic mass is 16.5. The quantitative estimate of drug-likeness (QED) is 0.695. The van der Waals surface area contributed by atoms with Crippen molar-refractivity contribution in [3.05, 3.63) is 76.2 Å². The molecule has 5 nitrogen and oxygen atoms in total. The van der Waals surface area contributed by atoms with Crippen molar-refractivity contribution < 1.29 is 9.53 Å². The molecule has 0 aliphatic heterocycles. The Labute approximate surface area is 133 Å². The van der Waals surface area contributed by atoms with Crippen LogP contribution in [0.4, 0.5) is 0 Å². The van der Waals surface area contributed by atoms with Crippen molar-refractivity contribution in [3.8, 4) is 0 Å². The fourth-order valence-corrected chi connectivity index (χ4v) is 2.47. The summed E-state index contributed by atoms with van der Waals surface area (Å²) in [6, 6.07) is 14.7. The number of carbonyl (C=O) groups is 1. The van der Waals surface area contributed by atoms with E-state index in [1.165, 1.54) is 4.57 Å². The number of hydrogen-bond donors (Lipinski definition) is 0. The lowest BCUT2D eigenvalue weighted by Gasteiger charge is -2.11. The van der Waals surface area contributed by atoms with Gasteiger partial charge in [-0.05, 0) is 30.7 Å². The Morgan fingerprint density at radius 3 is 2.70 bits per heavy atom. The van der Waals surface area contributed by atoms with Gasteiger partial charge in [-0.3, -0.25) is 9.36 Å². The molecule has 0 fully saturated rings. The van der Waals surface area contributed by atoms with E-state index in [1.807, 2.05) is 36.4 Å². The standard InChI is InChI=1S/C18H16N2O3/c1-2-23-18(22)15-11-14-9-6-10-19-16(14)20(17(15)21)12-13-7-4-3-5-8-13/h3-11H,2,12H2,1H3. The van der Waals surface area contributed by atoms with Crippen LogP contribution in [0.25, 0.3) is 11.0 Å². The van der Waals surface area contributed by atoms with E-state index in [0.29, 0.717) is 12.2 Å². The van der Waals surface area contributed by atoms with Gasteiger partial charge in [-0.1, -0.05) is 30.3 Å². The van der Waals surface area contributed by atoms with Gasteiger partial charge >= 0.3 is 5.97 Å². The molecule has 0 saturated heterocycles. The molecule has 0 radical (unpaired) electrons. The minimum Gasteiger partial charge on any atom is -0.462 e. The van der Waals surface area contributed by atoms with E-state index in [9.17, 15) is 9.59 Å². The first-order valence-corrected chi connectivity index (χ1v) is 7.40. The molecule has 3 rings (SSSR count). The molecule has 0 atom stereocenters. The Morgan fingerprint density at radius 1 is 1.17 bits per heavy atom. The number of benzene rings is 1. The van der Waals surface area contributed by atoms with Gasteiger partial charge in [0.25, 0.3) is 5.56 Å². The van der Waals surface area contributed by atoms with Crippen LogP contribution >= 0.6 is 0 Å². The van der Waals surface area contributed by atoms with Crippen molar-refractivity contribution in [2.75, 3.05) is 6.61 Å². The van der Waals surface area contributed by atoms with Crippen molar-refractivity contribution in [1.82, 2.24) is 9.55 Å². The first-order valence-electron chi connectivity index (χ1n) is 7.40. The number of nitrogens with zero attached hydrogens (tertiary/aromatic N) is 2. The molecule has 2 aromatic heterocycles. The molecule has 23 heavy (non-hydrogen) atoms. The lowest BCUT2D eigenvalue weighted by molar-refractivity contribution is 0.0524. The van der Waals surface area contributed by atoms with Crippen molar-refractivity contribution in [2.24, 2.45) is 0 Å². The molecule has 0 bridgehead atoms. The average Bonchev–Trinajstić information content (AvgIpc) is 2.58. The second-order valence-corrected chi connectivity index (χ2v) is 5.07. The predicted octanol–water partition coefficient (Wildman–Crippen LogP) is 2.62. The first-order chi connectivity index (χ1) is 11.2. The number of pyridine rings is 2. The van der Waals surface area contributed by atoms with E-state index in [0.717, 1.165) is 10.9 Å². The smallest absolute Gasteiger partial charge is 0.343 e. The summed E-state index contributed by atoms with van der Waals surface area (Å²) in [7, 11) is 0. The SMILES string of the molecule is CCOC(=O)c1cc2cccnc2n(Cc2ccccc2)c1=O. The topological polar surface area (TPSA) is 61.2 Å². The van der Waals surface area contributed by atoms with Gasteiger partial charge in [-0.2, -0.15) is 0 Å². The first kappa shape index (κ1) is 15.0. The third-order valence-electron chi connectivity index (χ3n) is 3.53. The molecular formula is C18H16N2O3. The summed E-state index contributed by atoms with van der Waals surface area (Å²) in [6.45, 7) is 2.28. The van der Waals surface area contributed by atoms with Gasteiger partial charge in [0.1, 0.15) is 11.2 Å². The minimum atomic E-state index is -0.606. The molecule has 0 amide bonds. The fourth-order valence-electron chi connectivity index (χ4n) is 2.47. The fraction of sp³-hybridized carbons (Fsp3) is 0.167. The molecule has 0 aliphatic carbocycles.